The van der Waals surface area contributed by atoms with Gasteiger partial charge in [-0.1, -0.05) is 24.8 Å². The molecule has 2 heterocycles. The van der Waals surface area contributed by atoms with Gasteiger partial charge in [0.05, 0.1) is 5.69 Å². The van der Waals surface area contributed by atoms with Crippen molar-refractivity contribution in [1.82, 2.24) is 10.3 Å². The monoisotopic (exact) mass is 251 g/mol. The average molecular weight is 251 g/mol. The molecule has 0 saturated carbocycles. The number of carbonyl (C=O) groups is 1. The van der Waals surface area contributed by atoms with Gasteiger partial charge in [-0.15, -0.1) is 0 Å². The van der Waals surface area contributed by atoms with Crippen molar-refractivity contribution >= 4 is 17.7 Å². The van der Waals surface area contributed by atoms with E-state index in [1.807, 2.05) is 64.9 Å². The summed E-state index contributed by atoms with van der Waals surface area (Å²) in [6.45, 7) is 3.47. The molecule has 0 unspecified atom stereocenters. The van der Waals surface area contributed by atoms with Gasteiger partial charge in [0.15, 0.2) is 0 Å². The number of para-hydroxylation sites is 1. The predicted octanol–water partition coefficient (Wildman–Crippen LogP) is 2.37. The van der Waals surface area contributed by atoms with Crippen LogP contribution in [0.25, 0.3) is 6.08 Å². The van der Waals surface area contributed by atoms with Crippen LogP contribution in [0.3, 0.4) is 0 Å². The third-order valence-electron chi connectivity index (χ3n) is 2.96. The van der Waals surface area contributed by atoms with Crippen molar-refractivity contribution in [3.8, 4) is 0 Å². The van der Waals surface area contributed by atoms with E-state index in [4.69, 9.17) is 0 Å². The fourth-order valence-electron chi connectivity index (χ4n) is 2.10. The number of carbonyl (C=O) groups excluding carboxylic acids is 1. The quantitative estimate of drug-likeness (QED) is 0.820. The summed E-state index contributed by atoms with van der Waals surface area (Å²) in [7, 11) is 0. The Hall–Kier alpha value is -2.75. The van der Waals surface area contributed by atoms with Gasteiger partial charge in [0.2, 0.25) is 5.91 Å². The zero-order valence-corrected chi connectivity index (χ0v) is 10.3. The highest BCUT2D eigenvalue weighted by atomic mass is 16.1. The molecule has 1 N–H and O–H groups in total. The number of hydrogen-bond donors (Lipinski definition) is 1. The maximum atomic E-state index is 11.5. The first-order chi connectivity index (χ1) is 9.29. The minimum atomic E-state index is -0.228. The molecular weight excluding hydrogens is 238 g/mol. The van der Waals surface area contributed by atoms with Crippen LogP contribution in [0.15, 0.2) is 67.3 Å². The number of amides is 1. The van der Waals surface area contributed by atoms with Gasteiger partial charge in [0.25, 0.3) is 0 Å². The Labute approximate surface area is 111 Å². The van der Waals surface area contributed by atoms with E-state index in [9.17, 15) is 4.79 Å². The molecule has 0 atom stereocenters. The van der Waals surface area contributed by atoms with Crippen LogP contribution in [0.4, 0.5) is 5.69 Å². The number of hydrazine groups is 1. The number of allylic oxidation sites excluding steroid dienone is 2. The smallest absolute Gasteiger partial charge is 0.248 e. The van der Waals surface area contributed by atoms with E-state index >= 15 is 0 Å². The van der Waals surface area contributed by atoms with E-state index in [1.54, 1.807) is 0 Å². The van der Waals surface area contributed by atoms with Crippen LogP contribution in [-0.4, -0.2) is 10.9 Å². The van der Waals surface area contributed by atoms with Gasteiger partial charge in [-0.25, -0.2) is 5.01 Å². The summed E-state index contributed by atoms with van der Waals surface area (Å²) < 4.78 is 0. The van der Waals surface area contributed by atoms with Gasteiger partial charge in [0.1, 0.15) is 5.82 Å². The molecule has 0 aromatic heterocycles. The van der Waals surface area contributed by atoms with Crippen LogP contribution in [0.1, 0.15) is 5.56 Å². The fraction of sp³-hybridized carbons (Fsp3) is 0. The molecule has 0 radical (unpaired) electrons. The highest BCUT2D eigenvalue weighted by molar-refractivity contribution is 5.89. The SMILES string of the molecule is C=CC(=O)NC1=Cc2ccccc2N2C=CC=CN12. The van der Waals surface area contributed by atoms with Gasteiger partial charge in [0, 0.05) is 18.0 Å². The van der Waals surface area contributed by atoms with Crippen LogP contribution in [-0.2, 0) is 4.79 Å². The molecule has 0 saturated heterocycles. The second kappa shape index (κ2) is 4.49. The lowest BCUT2D eigenvalue weighted by molar-refractivity contribution is -0.116. The van der Waals surface area contributed by atoms with E-state index in [0.29, 0.717) is 5.82 Å². The summed E-state index contributed by atoms with van der Waals surface area (Å²) in [5, 5.41) is 6.67. The highest BCUT2D eigenvalue weighted by Gasteiger charge is 2.24. The maximum Gasteiger partial charge on any atom is 0.248 e. The largest absolute Gasteiger partial charge is 0.307 e. The number of nitrogens with one attached hydrogen (secondary N) is 1. The Morgan fingerprint density at radius 3 is 2.68 bits per heavy atom. The van der Waals surface area contributed by atoms with Crippen LogP contribution in [0.2, 0.25) is 0 Å². The molecule has 4 nitrogen and oxygen atoms in total. The lowest BCUT2D eigenvalue weighted by atomic mass is 10.1. The molecule has 3 rings (SSSR count). The van der Waals surface area contributed by atoms with E-state index < -0.39 is 0 Å². The first kappa shape index (κ1) is 11.3. The Morgan fingerprint density at radius 1 is 1.16 bits per heavy atom. The number of fused-ring (bicyclic) bond motifs is 3. The lowest BCUT2D eigenvalue weighted by Crippen LogP contribution is -2.43. The van der Waals surface area contributed by atoms with Crippen molar-refractivity contribution in [3.05, 3.63) is 72.9 Å². The van der Waals surface area contributed by atoms with Crippen molar-refractivity contribution in [3.63, 3.8) is 0 Å². The van der Waals surface area contributed by atoms with Gasteiger partial charge in [-0.3, -0.25) is 9.80 Å². The summed E-state index contributed by atoms with van der Waals surface area (Å²) in [6.07, 6.45) is 10.9. The van der Waals surface area contributed by atoms with Crippen molar-refractivity contribution in [1.29, 1.82) is 0 Å². The molecule has 19 heavy (non-hydrogen) atoms. The minimum absolute atomic E-state index is 0.228. The highest BCUT2D eigenvalue weighted by Crippen LogP contribution is 2.32. The Bertz CT molecular complexity index is 628. The van der Waals surface area contributed by atoms with Gasteiger partial charge in [-0.05, 0) is 30.4 Å². The molecule has 1 aromatic rings. The van der Waals surface area contributed by atoms with E-state index in [2.05, 4.69) is 11.9 Å². The molecule has 0 spiro atoms. The van der Waals surface area contributed by atoms with Crippen LogP contribution >= 0.6 is 0 Å². The summed E-state index contributed by atoms with van der Waals surface area (Å²) in [4.78, 5) is 11.5. The number of nitrogens with zero attached hydrogens (tertiary/aromatic N) is 2. The zero-order chi connectivity index (χ0) is 13.2. The number of anilines is 1. The fourth-order valence-corrected chi connectivity index (χ4v) is 2.10. The Morgan fingerprint density at radius 2 is 1.89 bits per heavy atom. The minimum Gasteiger partial charge on any atom is -0.307 e. The van der Waals surface area contributed by atoms with Gasteiger partial charge < -0.3 is 5.32 Å². The molecule has 94 valence electrons. The Balaban J connectivity index is 2.06. The molecule has 1 aromatic carbocycles. The molecular formula is C15H13N3O. The normalized spacial score (nSPS) is 15.5. The zero-order valence-electron chi connectivity index (χ0n) is 10.3. The lowest BCUT2D eigenvalue weighted by Gasteiger charge is -2.39. The van der Waals surface area contributed by atoms with Crippen LogP contribution in [0.5, 0.6) is 0 Å². The van der Waals surface area contributed by atoms with Crippen LogP contribution < -0.4 is 10.3 Å². The molecule has 0 aliphatic carbocycles. The summed E-state index contributed by atoms with van der Waals surface area (Å²) >= 11 is 0. The molecule has 2 aliphatic heterocycles. The van der Waals surface area contributed by atoms with E-state index in [-0.39, 0.29) is 5.91 Å². The van der Waals surface area contributed by atoms with Gasteiger partial charge in [-0.2, -0.15) is 0 Å². The second-order valence-corrected chi connectivity index (χ2v) is 4.15. The third-order valence-corrected chi connectivity index (χ3v) is 2.96. The summed E-state index contributed by atoms with van der Waals surface area (Å²) in [5.74, 6) is 0.470. The predicted molar refractivity (Wildman–Crippen MR) is 75.4 cm³/mol. The molecule has 1 amide bonds. The first-order valence-electron chi connectivity index (χ1n) is 5.97. The first-order valence-corrected chi connectivity index (χ1v) is 5.97. The van der Waals surface area contributed by atoms with Crippen molar-refractivity contribution in [2.24, 2.45) is 0 Å². The van der Waals surface area contributed by atoms with E-state index in [1.165, 1.54) is 6.08 Å². The maximum absolute atomic E-state index is 11.5. The van der Waals surface area contributed by atoms with Crippen molar-refractivity contribution in [2.45, 2.75) is 0 Å². The molecule has 0 bridgehead atoms. The average Bonchev–Trinajstić information content (AvgIpc) is 2.47. The summed E-state index contributed by atoms with van der Waals surface area (Å²) in [6, 6.07) is 8.01. The number of hydrogen-bond acceptors (Lipinski definition) is 3. The van der Waals surface area contributed by atoms with E-state index in [0.717, 1.165) is 11.3 Å². The molecule has 0 fully saturated rings. The number of benzene rings is 1. The molecule has 2 aliphatic rings. The standard InChI is InChI=1S/C15H13N3O/c1-2-15(19)16-14-11-12-7-3-4-8-13(12)17-9-5-6-10-18(14)17/h2-11H,1H2,(H,16,19). The van der Waals surface area contributed by atoms with Crippen molar-refractivity contribution < 1.29 is 4.79 Å². The summed E-state index contributed by atoms with van der Waals surface area (Å²) in [5.41, 5.74) is 2.12. The second-order valence-electron chi connectivity index (χ2n) is 4.15. The van der Waals surface area contributed by atoms with Crippen molar-refractivity contribution in [2.75, 3.05) is 5.01 Å². The topological polar surface area (TPSA) is 35.6 Å². The molecule has 4 heteroatoms. The third kappa shape index (κ3) is 1.93. The van der Waals surface area contributed by atoms with Crippen LogP contribution in [0, 0.1) is 0 Å². The number of rotatable bonds is 2. The van der Waals surface area contributed by atoms with Gasteiger partial charge >= 0.3 is 0 Å². The Kier molecular flexibility index (Phi) is 2.68.